The fraction of sp³-hybridized carbons (Fsp3) is 0.385. The van der Waals surface area contributed by atoms with E-state index in [1.165, 1.54) is 0 Å². The molecule has 0 saturated heterocycles. The number of urea groups is 1. The highest BCUT2D eigenvalue weighted by Crippen LogP contribution is 2.25. The normalized spacial score (nSPS) is 13.4. The maximum absolute atomic E-state index is 11.7. The Bertz CT molecular complexity index is 508. The van der Waals surface area contributed by atoms with E-state index >= 15 is 0 Å². The first-order chi connectivity index (χ1) is 9.35. The van der Waals surface area contributed by atoms with E-state index in [9.17, 15) is 9.59 Å². The van der Waals surface area contributed by atoms with Crippen molar-refractivity contribution in [2.45, 2.75) is 32.4 Å². The number of nitrogens with one attached hydrogen (secondary N) is 2. The molecular weight excluding hydrogens is 303 g/mol. The average molecular weight is 319 g/mol. The van der Waals surface area contributed by atoms with Crippen LogP contribution in [0, 0.1) is 0 Å². The second kappa shape index (κ2) is 7.36. The van der Waals surface area contributed by atoms with Crippen LogP contribution in [0.3, 0.4) is 0 Å². The van der Waals surface area contributed by atoms with E-state index in [1.54, 1.807) is 32.0 Å². The molecule has 2 atom stereocenters. The first-order valence-electron chi connectivity index (χ1n) is 6.10. The molecule has 0 heterocycles. The topological polar surface area (TPSA) is 78.4 Å². The summed E-state index contributed by atoms with van der Waals surface area (Å²) in [5, 5.41) is 14.8. The van der Waals surface area contributed by atoms with E-state index in [4.69, 9.17) is 28.3 Å². The molecule has 3 N–H and O–H groups in total. The van der Waals surface area contributed by atoms with Crippen LogP contribution in [0.25, 0.3) is 0 Å². The Kier molecular flexibility index (Phi) is 6.10. The summed E-state index contributed by atoms with van der Waals surface area (Å²) in [7, 11) is 0. The fourth-order valence-electron chi connectivity index (χ4n) is 1.67. The summed E-state index contributed by atoms with van der Waals surface area (Å²) >= 11 is 11.8. The van der Waals surface area contributed by atoms with Crippen molar-refractivity contribution < 1.29 is 14.7 Å². The van der Waals surface area contributed by atoms with Gasteiger partial charge in [-0.25, -0.2) is 9.59 Å². The zero-order chi connectivity index (χ0) is 15.3. The molecule has 1 unspecified atom stereocenters. The van der Waals surface area contributed by atoms with Crippen molar-refractivity contribution in [1.29, 1.82) is 0 Å². The third-order valence-corrected chi connectivity index (χ3v) is 3.35. The first kappa shape index (κ1) is 16.6. The van der Waals surface area contributed by atoms with E-state index in [1.807, 2.05) is 0 Å². The molecule has 0 bridgehead atoms. The van der Waals surface area contributed by atoms with Crippen LogP contribution in [0.2, 0.25) is 10.0 Å². The lowest BCUT2D eigenvalue weighted by atomic mass is 10.1. The average Bonchev–Trinajstić information content (AvgIpc) is 2.35. The predicted octanol–water partition coefficient (Wildman–Crippen LogP) is 3.22. The van der Waals surface area contributed by atoms with Gasteiger partial charge in [0.25, 0.3) is 0 Å². The molecule has 0 saturated carbocycles. The van der Waals surface area contributed by atoms with Crippen LogP contribution in [0.1, 0.15) is 31.9 Å². The highest BCUT2D eigenvalue weighted by atomic mass is 35.5. The number of hydrogen-bond acceptors (Lipinski definition) is 2. The summed E-state index contributed by atoms with van der Waals surface area (Å²) in [6.07, 6.45) is 0.304. The lowest BCUT2D eigenvalue weighted by molar-refractivity contribution is -0.139. The van der Waals surface area contributed by atoms with Crippen LogP contribution in [-0.4, -0.2) is 23.1 Å². The number of aliphatic carboxylic acids is 1. The third-order valence-electron chi connectivity index (χ3n) is 2.79. The monoisotopic (exact) mass is 318 g/mol. The van der Waals surface area contributed by atoms with Gasteiger partial charge in [-0.2, -0.15) is 0 Å². The zero-order valence-corrected chi connectivity index (χ0v) is 12.6. The van der Waals surface area contributed by atoms with E-state index < -0.39 is 18.0 Å². The van der Waals surface area contributed by atoms with Gasteiger partial charge >= 0.3 is 12.0 Å². The number of halogens is 2. The molecule has 2 amide bonds. The van der Waals surface area contributed by atoms with Crippen molar-refractivity contribution >= 4 is 35.2 Å². The maximum atomic E-state index is 11.7. The largest absolute Gasteiger partial charge is 0.480 e. The molecule has 20 heavy (non-hydrogen) atoms. The Labute approximate surface area is 127 Å². The molecule has 1 aromatic rings. The quantitative estimate of drug-likeness (QED) is 0.780. The molecule has 0 radical (unpaired) electrons. The Morgan fingerprint density at radius 1 is 1.30 bits per heavy atom. The van der Waals surface area contributed by atoms with Gasteiger partial charge in [-0.15, -0.1) is 0 Å². The van der Waals surface area contributed by atoms with Gasteiger partial charge in [0.15, 0.2) is 0 Å². The molecule has 1 aromatic carbocycles. The molecule has 0 spiro atoms. The molecule has 0 aliphatic rings. The minimum absolute atomic E-state index is 0.304. The molecule has 0 fully saturated rings. The van der Waals surface area contributed by atoms with E-state index in [0.29, 0.717) is 22.0 Å². The number of hydrogen-bond donors (Lipinski definition) is 3. The van der Waals surface area contributed by atoms with Crippen LogP contribution in [0.5, 0.6) is 0 Å². The van der Waals surface area contributed by atoms with Gasteiger partial charge in [0.1, 0.15) is 6.04 Å². The highest BCUT2D eigenvalue weighted by Gasteiger charge is 2.19. The molecule has 5 nitrogen and oxygen atoms in total. The Hall–Kier alpha value is -1.46. The SMILES string of the molecule is CC[C@H](NC(=O)NC(C)c1ccc(Cl)cc1Cl)C(=O)O. The summed E-state index contributed by atoms with van der Waals surface area (Å²) < 4.78 is 0. The van der Waals surface area contributed by atoms with E-state index in [0.717, 1.165) is 0 Å². The van der Waals surface area contributed by atoms with Crippen molar-refractivity contribution in [2.75, 3.05) is 0 Å². The summed E-state index contributed by atoms with van der Waals surface area (Å²) in [6.45, 7) is 3.43. The highest BCUT2D eigenvalue weighted by molar-refractivity contribution is 6.35. The molecular formula is C13H16Cl2N2O3. The lowest BCUT2D eigenvalue weighted by Gasteiger charge is -2.18. The smallest absolute Gasteiger partial charge is 0.326 e. The number of benzene rings is 1. The number of amides is 2. The molecule has 110 valence electrons. The number of carboxylic acids is 1. The zero-order valence-electron chi connectivity index (χ0n) is 11.1. The Morgan fingerprint density at radius 3 is 2.45 bits per heavy atom. The number of carbonyl (C=O) groups is 2. The number of rotatable bonds is 5. The third kappa shape index (κ3) is 4.58. The van der Waals surface area contributed by atoms with E-state index in [-0.39, 0.29) is 6.04 Å². The summed E-state index contributed by atoms with van der Waals surface area (Å²) in [5.74, 6) is -1.07. The molecule has 0 aromatic heterocycles. The Balaban J connectivity index is 2.68. The lowest BCUT2D eigenvalue weighted by Crippen LogP contribution is -2.46. The summed E-state index contributed by atoms with van der Waals surface area (Å²) in [6, 6.07) is 3.13. The van der Waals surface area contributed by atoms with Crippen molar-refractivity contribution in [3.63, 3.8) is 0 Å². The van der Waals surface area contributed by atoms with Gasteiger partial charge in [-0.1, -0.05) is 36.2 Å². The Morgan fingerprint density at radius 2 is 1.95 bits per heavy atom. The van der Waals surface area contributed by atoms with Crippen LogP contribution >= 0.6 is 23.2 Å². The number of carboxylic acid groups (broad SMARTS) is 1. The molecule has 0 aliphatic heterocycles. The molecule has 1 rings (SSSR count). The van der Waals surface area contributed by atoms with E-state index in [2.05, 4.69) is 10.6 Å². The molecule has 7 heteroatoms. The second-order valence-electron chi connectivity index (χ2n) is 4.30. The number of carbonyl (C=O) groups excluding carboxylic acids is 1. The maximum Gasteiger partial charge on any atom is 0.326 e. The van der Waals surface area contributed by atoms with Crippen molar-refractivity contribution in [2.24, 2.45) is 0 Å². The standard InChI is InChI=1S/C13H16Cl2N2O3/c1-3-11(12(18)19)17-13(20)16-7(2)9-5-4-8(14)6-10(9)15/h4-7,11H,3H2,1-2H3,(H,18,19)(H2,16,17,20)/t7?,11-/m0/s1. The van der Waals surface area contributed by atoms with Crippen LogP contribution in [0.15, 0.2) is 18.2 Å². The molecule has 0 aliphatic carbocycles. The van der Waals surface area contributed by atoms with Crippen LogP contribution < -0.4 is 10.6 Å². The minimum Gasteiger partial charge on any atom is -0.480 e. The van der Waals surface area contributed by atoms with Gasteiger partial charge in [0.05, 0.1) is 6.04 Å². The van der Waals surface area contributed by atoms with Crippen LogP contribution in [0.4, 0.5) is 4.79 Å². The van der Waals surface area contributed by atoms with Gasteiger partial charge in [-0.05, 0) is 31.0 Å². The van der Waals surface area contributed by atoms with Crippen molar-refractivity contribution in [1.82, 2.24) is 10.6 Å². The second-order valence-corrected chi connectivity index (χ2v) is 5.15. The predicted molar refractivity (Wildman–Crippen MR) is 78.3 cm³/mol. The van der Waals surface area contributed by atoms with Gasteiger partial charge in [0, 0.05) is 10.0 Å². The first-order valence-corrected chi connectivity index (χ1v) is 6.85. The summed E-state index contributed by atoms with van der Waals surface area (Å²) in [4.78, 5) is 22.6. The van der Waals surface area contributed by atoms with Gasteiger partial charge < -0.3 is 15.7 Å². The summed E-state index contributed by atoms with van der Waals surface area (Å²) in [5.41, 5.74) is 0.703. The van der Waals surface area contributed by atoms with Gasteiger partial charge in [-0.3, -0.25) is 0 Å². The van der Waals surface area contributed by atoms with Crippen molar-refractivity contribution in [3.05, 3.63) is 33.8 Å². The van der Waals surface area contributed by atoms with Crippen molar-refractivity contribution in [3.8, 4) is 0 Å². The fourth-order valence-corrected chi connectivity index (χ4v) is 2.24. The van der Waals surface area contributed by atoms with Crippen LogP contribution in [-0.2, 0) is 4.79 Å². The minimum atomic E-state index is -1.07. The van der Waals surface area contributed by atoms with Gasteiger partial charge in [0.2, 0.25) is 0 Å².